The van der Waals surface area contributed by atoms with Gasteiger partial charge in [0.25, 0.3) is 0 Å². The Labute approximate surface area is 315 Å². The van der Waals surface area contributed by atoms with Crippen molar-refractivity contribution in [2.75, 3.05) is 118 Å². The predicted molar refractivity (Wildman–Crippen MR) is 202 cm³/mol. The lowest BCUT2D eigenvalue weighted by atomic mass is 10.1. The quantitative estimate of drug-likeness (QED) is 0.0513. The van der Waals surface area contributed by atoms with Crippen molar-refractivity contribution in [2.24, 2.45) is 5.73 Å². The van der Waals surface area contributed by atoms with Gasteiger partial charge in [0.15, 0.2) is 5.65 Å². The second kappa shape index (κ2) is 26.1. The summed E-state index contributed by atoms with van der Waals surface area (Å²) in [4.78, 5) is 24.3. The molecule has 0 unspecified atom stereocenters. The minimum Gasteiger partial charge on any atom is -0.508 e. The third kappa shape index (κ3) is 15.9. The number of benzene rings is 1. The van der Waals surface area contributed by atoms with Crippen LogP contribution in [0.15, 0.2) is 30.6 Å². The Kier molecular flexibility index (Phi) is 20.8. The number of nitrogen functional groups attached to an aromatic ring is 1. The molecule has 3 aromatic heterocycles. The minimum absolute atomic E-state index is 0.183. The molecule has 0 radical (unpaired) electrons. The molecule has 1 aromatic carbocycles. The van der Waals surface area contributed by atoms with Crippen LogP contribution in [0.5, 0.6) is 5.75 Å². The van der Waals surface area contributed by atoms with Crippen molar-refractivity contribution in [3.8, 4) is 17.1 Å². The van der Waals surface area contributed by atoms with Crippen LogP contribution < -0.4 is 11.5 Å². The predicted octanol–water partition coefficient (Wildman–Crippen LogP) is 2.87. The Morgan fingerprint density at radius 3 is 1.81 bits per heavy atom. The van der Waals surface area contributed by atoms with Crippen molar-refractivity contribution in [1.82, 2.24) is 24.7 Å². The molecule has 4 rings (SSSR count). The smallest absolute Gasteiger partial charge is 0.164 e. The molecule has 3 heterocycles. The fraction of sp³-hybridized carbons (Fsp3) is 0.622. The van der Waals surface area contributed by atoms with Crippen LogP contribution in [-0.2, 0) is 49.2 Å². The highest BCUT2D eigenvalue weighted by atomic mass is 16.6. The van der Waals surface area contributed by atoms with Gasteiger partial charge in [-0.15, -0.1) is 0 Å². The number of nitrogens with two attached hydrogens (primary N) is 2. The number of hydrogen-bond donors (Lipinski definition) is 4. The average Bonchev–Trinajstić information content (AvgIpc) is 3.76. The van der Waals surface area contributed by atoms with E-state index in [0.717, 1.165) is 35.9 Å². The molecule has 0 aliphatic rings. The summed E-state index contributed by atoms with van der Waals surface area (Å²) in [5.74, 6) is 0.727. The zero-order valence-corrected chi connectivity index (χ0v) is 31.2. The molecular weight excluding hydrogens is 702 g/mol. The number of carbonyl (C=O) groups excluding carboxylic acids is 1. The third-order valence-corrected chi connectivity index (χ3v) is 8.14. The van der Waals surface area contributed by atoms with Crippen LogP contribution in [0, 0.1) is 0 Å². The number of aryl methyl sites for hydroxylation is 1. The number of ketones is 1. The number of phenols is 1. The van der Waals surface area contributed by atoms with Crippen LogP contribution in [0.3, 0.4) is 0 Å². The third-order valence-electron chi connectivity index (χ3n) is 8.14. The zero-order chi connectivity index (χ0) is 38.1. The first-order chi connectivity index (χ1) is 26.6. The molecule has 300 valence electrons. The van der Waals surface area contributed by atoms with Crippen molar-refractivity contribution in [2.45, 2.75) is 38.6 Å². The maximum absolute atomic E-state index is 12.3. The Morgan fingerprint density at radius 1 is 0.685 bits per heavy atom. The van der Waals surface area contributed by atoms with Crippen LogP contribution in [0.1, 0.15) is 32.1 Å². The van der Waals surface area contributed by atoms with E-state index in [1.165, 1.54) is 6.33 Å². The average molecular weight is 760 g/mol. The van der Waals surface area contributed by atoms with E-state index in [4.69, 9.17) is 54.5 Å². The largest absolute Gasteiger partial charge is 0.508 e. The van der Waals surface area contributed by atoms with Crippen LogP contribution >= 0.6 is 0 Å². The highest BCUT2D eigenvalue weighted by molar-refractivity contribution is 6.00. The molecule has 54 heavy (non-hydrogen) atoms. The molecule has 6 N–H and O–H groups in total. The summed E-state index contributed by atoms with van der Waals surface area (Å²) < 4.78 is 45.4. The highest BCUT2D eigenvalue weighted by Crippen LogP contribution is 2.32. The molecule has 0 atom stereocenters. The lowest BCUT2D eigenvalue weighted by molar-refractivity contribution is -0.120. The fourth-order valence-corrected chi connectivity index (χ4v) is 5.42. The maximum atomic E-state index is 12.3. The van der Waals surface area contributed by atoms with E-state index in [1.54, 1.807) is 12.1 Å². The van der Waals surface area contributed by atoms with Crippen LogP contribution in [0.2, 0.25) is 0 Å². The Hall–Kier alpha value is -3.78. The number of Topliss-reactive ketones (excluding diaryl/α,β-unsaturated/α-hetero) is 1. The Bertz CT molecular complexity index is 1620. The molecule has 17 nitrogen and oxygen atoms in total. The van der Waals surface area contributed by atoms with Crippen LogP contribution in [0.25, 0.3) is 33.3 Å². The number of H-pyrrole nitrogens is 1. The molecule has 0 aliphatic heterocycles. The first kappa shape index (κ1) is 43.0. The summed E-state index contributed by atoms with van der Waals surface area (Å²) in [6.07, 6.45) is 4.82. The second-order valence-electron chi connectivity index (χ2n) is 12.3. The standard InChI is InChI=1S/C37H57N7O10/c38-8-11-48-13-15-50-17-19-52-21-23-54-25-24-53-22-20-51-18-16-49-14-12-47-10-7-30(45)4-2-1-3-9-44-37-34(36(39)40-28-41-37)35(43-44)33-27-29-26-31(46)5-6-32(29)42-33/h5-6,26-28,42,46H,1-4,7-25,38H2,(H2,39,40,41). The summed E-state index contributed by atoms with van der Waals surface area (Å²) in [5, 5.41) is 16.2. The molecule has 4 aromatic rings. The van der Waals surface area contributed by atoms with Gasteiger partial charge in [0.05, 0.1) is 117 Å². The first-order valence-corrected chi connectivity index (χ1v) is 18.7. The number of phenolic OH excluding ortho intramolecular Hbond substituents is 1. The van der Waals surface area contributed by atoms with Gasteiger partial charge in [0.1, 0.15) is 29.4 Å². The van der Waals surface area contributed by atoms with Crippen molar-refractivity contribution in [3.63, 3.8) is 0 Å². The van der Waals surface area contributed by atoms with E-state index in [1.807, 2.05) is 16.8 Å². The number of ether oxygens (including phenoxy) is 8. The minimum atomic E-state index is 0.183. The summed E-state index contributed by atoms with van der Waals surface area (Å²) in [6, 6.07) is 7.07. The summed E-state index contributed by atoms with van der Waals surface area (Å²) >= 11 is 0. The molecule has 0 aliphatic carbocycles. The monoisotopic (exact) mass is 759 g/mol. The lowest BCUT2D eigenvalue weighted by Crippen LogP contribution is -2.15. The number of aromatic amines is 1. The number of hydrogen-bond acceptors (Lipinski definition) is 15. The van der Waals surface area contributed by atoms with Crippen molar-refractivity contribution in [3.05, 3.63) is 30.6 Å². The Balaban J connectivity index is 0.917. The van der Waals surface area contributed by atoms with Crippen molar-refractivity contribution >= 4 is 33.5 Å². The maximum Gasteiger partial charge on any atom is 0.164 e. The summed E-state index contributed by atoms with van der Waals surface area (Å²) in [7, 11) is 0. The number of nitrogens with one attached hydrogen (secondary N) is 1. The molecule has 0 amide bonds. The highest BCUT2D eigenvalue weighted by Gasteiger charge is 2.18. The normalized spacial score (nSPS) is 11.7. The van der Waals surface area contributed by atoms with Gasteiger partial charge in [0.2, 0.25) is 0 Å². The van der Waals surface area contributed by atoms with E-state index in [-0.39, 0.29) is 11.5 Å². The van der Waals surface area contributed by atoms with Crippen LogP contribution in [-0.4, -0.2) is 148 Å². The zero-order valence-electron chi connectivity index (χ0n) is 31.2. The van der Waals surface area contributed by atoms with Crippen molar-refractivity contribution in [1.29, 1.82) is 0 Å². The van der Waals surface area contributed by atoms with E-state index < -0.39 is 0 Å². The Morgan fingerprint density at radius 2 is 1.24 bits per heavy atom. The van der Waals surface area contributed by atoms with Gasteiger partial charge in [0, 0.05) is 36.8 Å². The molecule has 0 fully saturated rings. The van der Waals surface area contributed by atoms with E-state index in [9.17, 15) is 9.90 Å². The number of carbonyl (C=O) groups is 1. The number of unbranched alkanes of at least 4 members (excludes halogenated alkanes) is 2. The molecule has 0 bridgehead atoms. The number of fused-ring (bicyclic) bond motifs is 2. The SMILES string of the molecule is NCCOCCOCCOCCOCCOCCOCCOCCOCCC(=O)CCCCCn1nc(-c2cc3cc(O)ccc3[nH]2)c2c(N)ncnc21. The lowest BCUT2D eigenvalue weighted by Gasteiger charge is -2.08. The molecule has 0 spiro atoms. The molecule has 17 heteroatoms. The van der Waals surface area contributed by atoms with Gasteiger partial charge in [-0.25, -0.2) is 14.6 Å². The molecular formula is C37H57N7O10. The number of rotatable bonds is 33. The molecule has 0 saturated heterocycles. The number of anilines is 1. The van der Waals surface area contributed by atoms with Crippen molar-refractivity contribution < 1.29 is 47.8 Å². The van der Waals surface area contributed by atoms with E-state index in [0.29, 0.717) is 154 Å². The van der Waals surface area contributed by atoms with Gasteiger partial charge in [-0.05, 0) is 37.1 Å². The van der Waals surface area contributed by atoms with Crippen LogP contribution in [0.4, 0.5) is 5.82 Å². The fourth-order valence-electron chi connectivity index (χ4n) is 5.42. The van der Waals surface area contributed by atoms with E-state index >= 15 is 0 Å². The van der Waals surface area contributed by atoms with Gasteiger partial charge < -0.3 is 59.5 Å². The molecule has 0 saturated carbocycles. The first-order valence-electron chi connectivity index (χ1n) is 18.7. The second-order valence-corrected chi connectivity index (χ2v) is 12.3. The van der Waals surface area contributed by atoms with Gasteiger partial charge >= 0.3 is 0 Å². The van der Waals surface area contributed by atoms with E-state index in [2.05, 4.69) is 15.0 Å². The van der Waals surface area contributed by atoms with Gasteiger partial charge in [-0.1, -0.05) is 6.42 Å². The van der Waals surface area contributed by atoms with Gasteiger partial charge in [-0.3, -0.25) is 4.79 Å². The number of aromatic hydroxyl groups is 1. The number of nitrogens with zero attached hydrogens (tertiary/aromatic N) is 4. The van der Waals surface area contributed by atoms with Gasteiger partial charge in [-0.2, -0.15) is 5.10 Å². The summed E-state index contributed by atoms with van der Waals surface area (Å²) in [5.41, 5.74) is 14.5. The summed E-state index contributed by atoms with van der Waals surface area (Å²) in [6.45, 7) is 8.93. The topological polar surface area (TPSA) is 223 Å². The number of aromatic nitrogens is 5.